The van der Waals surface area contributed by atoms with E-state index >= 15 is 0 Å². The molecular formula is C44H44N2. The number of allylic oxidation sites excluding steroid dienone is 14. The minimum Gasteiger partial charge on any atom is -0.338 e. The van der Waals surface area contributed by atoms with Gasteiger partial charge < -0.3 is 4.90 Å². The average Bonchev–Trinajstić information content (AvgIpc) is 3.11. The monoisotopic (exact) mass is 600 g/mol. The first-order chi connectivity index (χ1) is 22.8. The fourth-order valence-corrected chi connectivity index (χ4v) is 9.59. The zero-order valence-electron chi connectivity index (χ0n) is 26.9. The Hall–Kier alpha value is -4.14. The van der Waals surface area contributed by atoms with E-state index in [-0.39, 0.29) is 12.3 Å². The highest BCUT2D eigenvalue weighted by Crippen LogP contribution is 2.57. The van der Waals surface area contributed by atoms with E-state index in [1.54, 1.807) is 11.1 Å². The van der Waals surface area contributed by atoms with Gasteiger partial charge in [0.15, 0.2) is 0 Å². The fourth-order valence-electron chi connectivity index (χ4n) is 9.59. The van der Waals surface area contributed by atoms with Crippen LogP contribution in [0.5, 0.6) is 0 Å². The van der Waals surface area contributed by atoms with Crippen LogP contribution >= 0.6 is 0 Å². The van der Waals surface area contributed by atoms with Crippen LogP contribution in [-0.4, -0.2) is 17.2 Å². The van der Waals surface area contributed by atoms with E-state index in [1.807, 2.05) is 0 Å². The first-order valence-electron chi connectivity index (χ1n) is 17.7. The minimum atomic E-state index is 0.228. The van der Waals surface area contributed by atoms with Crippen molar-refractivity contribution in [2.75, 3.05) is 0 Å². The largest absolute Gasteiger partial charge is 0.338 e. The number of fused-ring (bicyclic) bond motifs is 3. The van der Waals surface area contributed by atoms with Crippen molar-refractivity contribution in [3.63, 3.8) is 0 Å². The Morgan fingerprint density at radius 2 is 1.67 bits per heavy atom. The van der Waals surface area contributed by atoms with E-state index in [2.05, 4.69) is 145 Å². The van der Waals surface area contributed by atoms with E-state index in [0.717, 1.165) is 32.1 Å². The Kier molecular flexibility index (Phi) is 7.08. The number of nitrogens with one attached hydrogen (secondary N) is 1. The maximum atomic E-state index is 3.90. The van der Waals surface area contributed by atoms with Gasteiger partial charge in [0.25, 0.3) is 0 Å². The van der Waals surface area contributed by atoms with Crippen molar-refractivity contribution in [2.24, 2.45) is 17.8 Å². The first-order valence-corrected chi connectivity index (χ1v) is 17.7. The summed E-state index contributed by atoms with van der Waals surface area (Å²) >= 11 is 0. The van der Waals surface area contributed by atoms with Gasteiger partial charge in [0, 0.05) is 12.1 Å². The molecule has 1 N–H and O–H groups in total. The molecule has 0 spiro atoms. The second-order valence-electron chi connectivity index (χ2n) is 14.1. The van der Waals surface area contributed by atoms with Crippen molar-refractivity contribution in [3.8, 4) is 0 Å². The van der Waals surface area contributed by atoms with E-state index in [0.29, 0.717) is 29.6 Å². The lowest BCUT2D eigenvalue weighted by Crippen LogP contribution is -2.67. The molecule has 0 bridgehead atoms. The van der Waals surface area contributed by atoms with Crippen molar-refractivity contribution < 1.29 is 0 Å². The topological polar surface area (TPSA) is 15.3 Å². The molecule has 7 aliphatic rings. The molecule has 5 aliphatic carbocycles. The summed E-state index contributed by atoms with van der Waals surface area (Å²) in [5, 5.41) is 3.90. The van der Waals surface area contributed by atoms with E-state index < -0.39 is 0 Å². The molecule has 2 nitrogen and oxygen atoms in total. The van der Waals surface area contributed by atoms with Crippen LogP contribution in [0.1, 0.15) is 73.1 Å². The van der Waals surface area contributed by atoms with Gasteiger partial charge in [0.2, 0.25) is 0 Å². The van der Waals surface area contributed by atoms with Gasteiger partial charge >= 0.3 is 0 Å². The lowest BCUT2D eigenvalue weighted by Gasteiger charge is -2.53. The predicted molar refractivity (Wildman–Crippen MR) is 190 cm³/mol. The molecule has 7 unspecified atom stereocenters. The highest BCUT2D eigenvalue weighted by molar-refractivity contribution is 5.57. The van der Waals surface area contributed by atoms with Crippen LogP contribution in [0, 0.1) is 17.8 Å². The lowest BCUT2D eigenvalue weighted by molar-refractivity contribution is 0.0756. The number of aryl methyl sites for hydroxylation is 1. The molecule has 0 aromatic heterocycles. The molecule has 2 aromatic carbocycles. The first kappa shape index (κ1) is 28.1. The molecule has 2 aromatic rings. The minimum absolute atomic E-state index is 0.228. The molecule has 1 fully saturated rings. The van der Waals surface area contributed by atoms with Gasteiger partial charge in [0.05, 0.1) is 0 Å². The van der Waals surface area contributed by atoms with Crippen LogP contribution in [-0.2, 0) is 6.42 Å². The van der Waals surface area contributed by atoms with Crippen LogP contribution in [0.4, 0.5) is 0 Å². The zero-order valence-corrected chi connectivity index (χ0v) is 26.9. The summed E-state index contributed by atoms with van der Waals surface area (Å²) in [4.78, 5) is 2.55. The number of rotatable bonds is 5. The van der Waals surface area contributed by atoms with Gasteiger partial charge in [-0.3, -0.25) is 5.32 Å². The molecule has 0 radical (unpaired) electrons. The van der Waals surface area contributed by atoms with Crippen molar-refractivity contribution in [1.82, 2.24) is 10.2 Å². The van der Waals surface area contributed by atoms with Gasteiger partial charge in [-0.15, -0.1) is 0 Å². The lowest BCUT2D eigenvalue weighted by atomic mass is 9.55. The summed E-state index contributed by atoms with van der Waals surface area (Å²) in [6, 6.07) is 18.9. The maximum Gasteiger partial charge on any atom is 0.109 e. The smallest absolute Gasteiger partial charge is 0.109 e. The van der Waals surface area contributed by atoms with Crippen LogP contribution in [0.25, 0.3) is 0 Å². The third-order valence-electron chi connectivity index (χ3n) is 11.7. The van der Waals surface area contributed by atoms with Gasteiger partial charge in [-0.25, -0.2) is 0 Å². The van der Waals surface area contributed by atoms with Crippen molar-refractivity contribution in [3.05, 3.63) is 178 Å². The average molecular weight is 601 g/mol. The molecular weight excluding hydrogens is 556 g/mol. The Morgan fingerprint density at radius 3 is 2.54 bits per heavy atom. The van der Waals surface area contributed by atoms with Crippen LogP contribution in [0.3, 0.4) is 0 Å². The van der Waals surface area contributed by atoms with Crippen molar-refractivity contribution in [1.29, 1.82) is 0 Å². The molecule has 230 valence electrons. The Labute approximate surface area is 274 Å². The molecule has 1 saturated heterocycles. The third kappa shape index (κ3) is 4.56. The Bertz CT molecular complexity index is 1840. The van der Waals surface area contributed by atoms with Crippen LogP contribution < -0.4 is 5.32 Å². The molecule has 46 heavy (non-hydrogen) atoms. The SMILES string of the molecule is CCc1cccc(C2c3ccccc3C(C3CC=C(C4NC5C=CC(C6=CCCC=C6)=CN54)C4=C3CCC=C4)C3C=CC=CC23)c1. The fraction of sp³-hybridized carbons (Fsp3) is 0.318. The van der Waals surface area contributed by atoms with Crippen LogP contribution in [0.2, 0.25) is 0 Å². The molecule has 2 heterocycles. The summed E-state index contributed by atoms with van der Waals surface area (Å²) in [6.07, 6.45) is 38.5. The zero-order chi connectivity index (χ0) is 30.6. The maximum absolute atomic E-state index is 3.90. The standard InChI is InChI=1S/C44H44N2/c1-2-29-13-12-16-31(27-29)42-35-19-8-10-21-37(35)43(38-22-11-9-20-36(38)42)39-24-25-40(34-18-7-6-17-33(34)39)44-45-41-26-23-32(28-46(41)44)30-14-4-3-5-15-30/h4,7-16,18-23,25-28,35,37,39,41-45H,2-3,5-6,17,24H2,1H3. The summed E-state index contributed by atoms with van der Waals surface area (Å²) in [7, 11) is 0. The third-order valence-corrected chi connectivity index (χ3v) is 11.7. The summed E-state index contributed by atoms with van der Waals surface area (Å²) < 4.78 is 0. The number of nitrogens with zero attached hydrogens (tertiary/aromatic N) is 1. The van der Waals surface area contributed by atoms with E-state index in [4.69, 9.17) is 0 Å². The second-order valence-corrected chi connectivity index (χ2v) is 14.1. The van der Waals surface area contributed by atoms with Crippen LogP contribution in [0.15, 0.2) is 156 Å². The number of hydrogen-bond donors (Lipinski definition) is 1. The molecule has 2 heteroatoms. The van der Waals surface area contributed by atoms with Crippen molar-refractivity contribution >= 4 is 0 Å². The van der Waals surface area contributed by atoms with Crippen molar-refractivity contribution in [2.45, 2.75) is 69.6 Å². The number of hydrogen-bond acceptors (Lipinski definition) is 2. The highest BCUT2D eigenvalue weighted by atomic mass is 15.5. The van der Waals surface area contributed by atoms with Gasteiger partial charge in [-0.05, 0) is 113 Å². The molecule has 0 amide bonds. The quantitative estimate of drug-likeness (QED) is 0.368. The van der Waals surface area contributed by atoms with E-state index in [9.17, 15) is 0 Å². The van der Waals surface area contributed by atoms with Gasteiger partial charge in [-0.2, -0.15) is 0 Å². The van der Waals surface area contributed by atoms with E-state index in [1.165, 1.54) is 45.4 Å². The van der Waals surface area contributed by atoms with Gasteiger partial charge in [0.1, 0.15) is 12.3 Å². The molecule has 7 atom stereocenters. The summed E-state index contributed by atoms with van der Waals surface area (Å²) in [6.45, 7) is 2.27. The predicted octanol–water partition coefficient (Wildman–Crippen LogP) is 9.72. The molecule has 2 aliphatic heterocycles. The molecule has 0 saturated carbocycles. The van der Waals surface area contributed by atoms with Gasteiger partial charge in [-0.1, -0.05) is 128 Å². The Balaban J connectivity index is 1.09. The Morgan fingerprint density at radius 1 is 0.804 bits per heavy atom. The summed E-state index contributed by atoms with van der Waals surface area (Å²) in [5.41, 5.74) is 13.4. The molecule has 9 rings (SSSR count). The highest BCUT2D eigenvalue weighted by Gasteiger charge is 2.47. The summed E-state index contributed by atoms with van der Waals surface area (Å²) in [5.74, 6) is 2.32. The second kappa shape index (κ2) is 11.6. The number of benzene rings is 2. The normalized spacial score (nSPS) is 32.1.